The van der Waals surface area contributed by atoms with E-state index in [1.54, 1.807) is 6.20 Å². The number of nitrogens with one attached hydrogen (secondary N) is 1. The van der Waals surface area contributed by atoms with Gasteiger partial charge in [0.15, 0.2) is 17.1 Å². The van der Waals surface area contributed by atoms with Crippen molar-refractivity contribution in [3.8, 4) is 11.5 Å². The highest BCUT2D eigenvalue weighted by molar-refractivity contribution is 5.69. The quantitative estimate of drug-likeness (QED) is 0.804. The Balaban J connectivity index is 1.63. The summed E-state index contributed by atoms with van der Waals surface area (Å²) < 4.78 is 10.7. The van der Waals surface area contributed by atoms with Crippen molar-refractivity contribution in [2.45, 2.75) is 26.2 Å². The lowest BCUT2D eigenvalue weighted by Crippen LogP contribution is -1.96. The summed E-state index contributed by atoms with van der Waals surface area (Å²) in [7, 11) is 0. The summed E-state index contributed by atoms with van der Waals surface area (Å²) in [6.45, 7) is 4.48. The van der Waals surface area contributed by atoms with Crippen LogP contribution in [-0.2, 0) is 6.42 Å². The third kappa shape index (κ3) is 2.26. The molecule has 6 heteroatoms. The topological polar surface area (TPSA) is 72.9 Å². The molecule has 4 rings (SSSR count). The second-order valence-corrected chi connectivity index (χ2v) is 5.66. The molecular weight excluding hydrogens is 280 g/mol. The van der Waals surface area contributed by atoms with Crippen molar-refractivity contribution in [2.75, 3.05) is 6.79 Å². The summed E-state index contributed by atoms with van der Waals surface area (Å²) in [6.07, 6.45) is 2.43. The number of ether oxygens (including phenoxy) is 2. The molecule has 0 aliphatic carbocycles. The van der Waals surface area contributed by atoms with Gasteiger partial charge in [0.05, 0.1) is 6.20 Å². The lowest BCUT2D eigenvalue weighted by atomic mass is 10.1. The van der Waals surface area contributed by atoms with Crippen molar-refractivity contribution in [1.29, 1.82) is 0 Å². The predicted molar refractivity (Wildman–Crippen MR) is 81.1 cm³/mol. The molecule has 1 aliphatic rings. The summed E-state index contributed by atoms with van der Waals surface area (Å²) >= 11 is 0. The molecule has 0 bridgehead atoms. The normalized spacial score (nSPS) is 13.2. The molecule has 1 N–H and O–H groups in total. The third-order valence-electron chi connectivity index (χ3n) is 3.65. The largest absolute Gasteiger partial charge is 0.454 e. The maximum Gasteiger partial charge on any atom is 0.231 e. The molecule has 0 radical (unpaired) electrons. The van der Waals surface area contributed by atoms with Crippen LogP contribution < -0.4 is 9.47 Å². The van der Waals surface area contributed by atoms with E-state index in [0.29, 0.717) is 12.3 Å². The minimum Gasteiger partial charge on any atom is -0.454 e. The molecular formula is C16H16N4O2. The number of nitrogens with zero attached hydrogens (tertiary/aromatic N) is 3. The molecule has 3 aromatic rings. The second-order valence-electron chi connectivity index (χ2n) is 5.66. The van der Waals surface area contributed by atoms with Crippen molar-refractivity contribution in [3.63, 3.8) is 0 Å². The fourth-order valence-corrected chi connectivity index (χ4v) is 2.45. The number of rotatable bonds is 3. The summed E-state index contributed by atoms with van der Waals surface area (Å²) in [5.74, 6) is 3.58. The number of aromatic amines is 1. The zero-order chi connectivity index (χ0) is 15.1. The molecule has 22 heavy (non-hydrogen) atoms. The van der Waals surface area contributed by atoms with Gasteiger partial charge in [0.2, 0.25) is 6.79 Å². The van der Waals surface area contributed by atoms with Crippen LogP contribution in [0.5, 0.6) is 11.5 Å². The first-order chi connectivity index (χ1) is 10.7. The van der Waals surface area contributed by atoms with E-state index in [4.69, 9.17) is 9.47 Å². The Morgan fingerprint density at radius 2 is 2.05 bits per heavy atom. The van der Waals surface area contributed by atoms with Gasteiger partial charge in [-0.05, 0) is 17.7 Å². The number of H-pyrrole nitrogens is 1. The maximum absolute atomic E-state index is 5.40. The molecule has 3 heterocycles. The molecule has 0 fully saturated rings. The van der Waals surface area contributed by atoms with Gasteiger partial charge in [-0.2, -0.15) is 0 Å². The highest BCUT2D eigenvalue weighted by atomic mass is 16.7. The molecule has 0 spiro atoms. The Labute approximate surface area is 127 Å². The number of benzene rings is 1. The van der Waals surface area contributed by atoms with Gasteiger partial charge in [-0.15, -0.1) is 0 Å². The molecule has 1 aliphatic heterocycles. The molecule has 1 aromatic carbocycles. The van der Waals surface area contributed by atoms with Crippen LogP contribution in [0, 0.1) is 0 Å². The van der Waals surface area contributed by atoms with Crippen molar-refractivity contribution in [2.24, 2.45) is 0 Å². The predicted octanol–water partition coefficient (Wildman–Crippen LogP) is 2.80. The van der Waals surface area contributed by atoms with E-state index in [0.717, 1.165) is 39.9 Å². The van der Waals surface area contributed by atoms with E-state index in [-0.39, 0.29) is 6.79 Å². The van der Waals surface area contributed by atoms with Crippen LogP contribution in [0.15, 0.2) is 24.4 Å². The van der Waals surface area contributed by atoms with E-state index in [1.165, 1.54) is 0 Å². The standard InChI is InChI=1S/C16H16N4O2/c1-9(2)15-18-11-7-17-14(19-16(11)20-15)6-10-3-4-12-13(5-10)22-8-21-12/h3-5,7,9H,6,8H2,1-2H3,(H,17,18,19,20). The molecule has 0 saturated heterocycles. The third-order valence-corrected chi connectivity index (χ3v) is 3.65. The molecule has 112 valence electrons. The van der Waals surface area contributed by atoms with Crippen LogP contribution in [0.4, 0.5) is 0 Å². The van der Waals surface area contributed by atoms with Crippen LogP contribution in [0.3, 0.4) is 0 Å². The van der Waals surface area contributed by atoms with Gasteiger partial charge in [-0.3, -0.25) is 0 Å². The van der Waals surface area contributed by atoms with Gasteiger partial charge >= 0.3 is 0 Å². The first kappa shape index (κ1) is 13.1. The molecule has 0 unspecified atom stereocenters. The number of imidazole rings is 1. The molecule has 2 aromatic heterocycles. The van der Waals surface area contributed by atoms with Crippen LogP contribution in [0.25, 0.3) is 11.2 Å². The first-order valence-electron chi connectivity index (χ1n) is 7.29. The van der Waals surface area contributed by atoms with Gasteiger partial charge in [-0.1, -0.05) is 19.9 Å². The maximum atomic E-state index is 5.40. The van der Waals surface area contributed by atoms with Gasteiger partial charge < -0.3 is 14.5 Å². The summed E-state index contributed by atoms with van der Waals surface area (Å²) in [4.78, 5) is 16.7. The van der Waals surface area contributed by atoms with Crippen LogP contribution in [0.1, 0.15) is 37.0 Å². The fourth-order valence-electron chi connectivity index (χ4n) is 2.45. The van der Waals surface area contributed by atoms with E-state index in [9.17, 15) is 0 Å². The Kier molecular flexibility index (Phi) is 2.96. The molecule has 0 atom stereocenters. The van der Waals surface area contributed by atoms with Crippen LogP contribution >= 0.6 is 0 Å². The van der Waals surface area contributed by atoms with Crippen molar-refractivity contribution < 1.29 is 9.47 Å². The molecule has 6 nitrogen and oxygen atoms in total. The lowest BCUT2D eigenvalue weighted by Gasteiger charge is -2.02. The Hall–Kier alpha value is -2.63. The minimum atomic E-state index is 0.284. The molecule has 0 amide bonds. The van der Waals surface area contributed by atoms with E-state index >= 15 is 0 Å². The van der Waals surface area contributed by atoms with E-state index < -0.39 is 0 Å². The first-order valence-corrected chi connectivity index (χ1v) is 7.29. The minimum absolute atomic E-state index is 0.284. The number of aromatic nitrogens is 4. The van der Waals surface area contributed by atoms with Crippen molar-refractivity contribution >= 4 is 11.2 Å². The second kappa shape index (κ2) is 4.98. The summed E-state index contributed by atoms with van der Waals surface area (Å²) in [6, 6.07) is 5.90. The zero-order valence-corrected chi connectivity index (χ0v) is 12.5. The van der Waals surface area contributed by atoms with E-state index in [2.05, 4.69) is 33.8 Å². The highest BCUT2D eigenvalue weighted by Gasteiger charge is 2.14. The van der Waals surface area contributed by atoms with Crippen molar-refractivity contribution in [3.05, 3.63) is 41.6 Å². The number of hydrogen-bond donors (Lipinski definition) is 1. The highest BCUT2D eigenvalue weighted by Crippen LogP contribution is 2.32. The lowest BCUT2D eigenvalue weighted by molar-refractivity contribution is 0.174. The number of fused-ring (bicyclic) bond motifs is 2. The van der Waals surface area contributed by atoms with Gasteiger partial charge in [0.25, 0.3) is 0 Å². The monoisotopic (exact) mass is 296 g/mol. The SMILES string of the molecule is CC(C)c1nc2nc(Cc3ccc4c(c3)OCO4)ncc2[nH]1. The zero-order valence-electron chi connectivity index (χ0n) is 12.5. The Bertz CT molecular complexity index is 841. The summed E-state index contributed by atoms with van der Waals surface area (Å²) in [5, 5.41) is 0. The fraction of sp³-hybridized carbons (Fsp3) is 0.312. The average molecular weight is 296 g/mol. The van der Waals surface area contributed by atoms with Gasteiger partial charge in [0, 0.05) is 12.3 Å². The Morgan fingerprint density at radius 3 is 2.91 bits per heavy atom. The van der Waals surface area contributed by atoms with Crippen LogP contribution in [0.2, 0.25) is 0 Å². The number of hydrogen-bond acceptors (Lipinski definition) is 5. The van der Waals surface area contributed by atoms with Crippen molar-refractivity contribution in [1.82, 2.24) is 19.9 Å². The molecule has 0 saturated carbocycles. The smallest absolute Gasteiger partial charge is 0.231 e. The average Bonchev–Trinajstić information content (AvgIpc) is 3.12. The van der Waals surface area contributed by atoms with E-state index in [1.807, 2.05) is 18.2 Å². The van der Waals surface area contributed by atoms with Gasteiger partial charge in [-0.25, -0.2) is 15.0 Å². The van der Waals surface area contributed by atoms with Crippen LogP contribution in [-0.4, -0.2) is 26.7 Å². The Morgan fingerprint density at radius 1 is 1.18 bits per heavy atom. The summed E-state index contributed by atoms with van der Waals surface area (Å²) in [5.41, 5.74) is 2.68. The van der Waals surface area contributed by atoms with Gasteiger partial charge in [0.1, 0.15) is 17.2 Å².